The third-order valence-electron chi connectivity index (χ3n) is 5.47. The molecule has 4 rings (SSSR count). The maximum Gasteiger partial charge on any atom is 0.416 e. The fraction of sp³-hybridized carbons (Fsp3) is 0.115. The molecule has 3 aromatic rings. The number of carbonyl (C=O) groups excluding carboxylic acids is 3. The van der Waals surface area contributed by atoms with Crippen LogP contribution in [-0.4, -0.2) is 17.7 Å². The van der Waals surface area contributed by atoms with Crippen LogP contribution in [0, 0.1) is 0 Å². The van der Waals surface area contributed by atoms with E-state index < -0.39 is 29.5 Å². The van der Waals surface area contributed by atoms with Gasteiger partial charge < -0.3 is 10.6 Å². The Labute approximate surface area is 209 Å². The van der Waals surface area contributed by atoms with Crippen molar-refractivity contribution in [3.63, 3.8) is 0 Å². The standard InChI is InChI=1S/C26H19ClF3N3O3/c1-2-15-9-11-20(12-10-15)33-24(35)21(27)22(25(33)36)31-18-7-3-5-16(13-18)23(34)32-19-8-4-6-17(14-19)26(28,29)30/h3-14,31H,2H2,1H3,(H,32,34). The molecule has 36 heavy (non-hydrogen) atoms. The van der Waals surface area contributed by atoms with E-state index in [0.717, 1.165) is 29.0 Å². The Morgan fingerprint density at radius 2 is 1.58 bits per heavy atom. The van der Waals surface area contributed by atoms with Gasteiger partial charge in [0.15, 0.2) is 0 Å². The van der Waals surface area contributed by atoms with E-state index in [2.05, 4.69) is 10.6 Å². The maximum atomic E-state index is 13.0. The average Bonchev–Trinajstić information content (AvgIpc) is 3.07. The van der Waals surface area contributed by atoms with E-state index in [4.69, 9.17) is 11.6 Å². The van der Waals surface area contributed by atoms with Crippen LogP contribution < -0.4 is 15.5 Å². The van der Waals surface area contributed by atoms with Crippen LogP contribution in [0.2, 0.25) is 0 Å². The summed E-state index contributed by atoms with van der Waals surface area (Å²) in [7, 11) is 0. The summed E-state index contributed by atoms with van der Waals surface area (Å²) in [6, 6.07) is 17.1. The van der Waals surface area contributed by atoms with E-state index in [1.807, 2.05) is 19.1 Å². The Balaban J connectivity index is 1.52. The van der Waals surface area contributed by atoms with Crippen LogP contribution in [0.1, 0.15) is 28.4 Å². The number of nitrogens with zero attached hydrogens (tertiary/aromatic N) is 1. The lowest BCUT2D eigenvalue weighted by molar-refractivity contribution is -0.137. The first-order valence-electron chi connectivity index (χ1n) is 10.8. The molecule has 0 radical (unpaired) electrons. The number of rotatable bonds is 6. The monoisotopic (exact) mass is 513 g/mol. The lowest BCUT2D eigenvalue weighted by Gasteiger charge is -2.15. The molecule has 0 aromatic heterocycles. The van der Waals surface area contributed by atoms with Crippen molar-refractivity contribution in [1.29, 1.82) is 0 Å². The van der Waals surface area contributed by atoms with Crippen molar-refractivity contribution < 1.29 is 27.6 Å². The predicted octanol–water partition coefficient (Wildman–Crippen LogP) is 5.96. The third kappa shape index (κ3) is 5.11. The van der Waals surface area contributed by atoms with Crippen molar-refractivity contribution in [2.75, 3.05) is 15.5 Å². The summed E-state index contributed by atoms with van der Waals surface area (Å²) in [6.45, 7) is 1.98. The zero-order valence-corrected chi connectivity index (χ0v) is 19.6. The molecule has 0 aliphatic carbocycles. The summed E-state index contributed by atoms with van der Waals surface area (Å²) < 4.78 is 38.8. The van der Waals surface area contributed by atoms with Crippen LogP contribution in [0.4, 0.5) is 30.2 Å². The molecule has 6 nitrogen and oxygen atoms in total. The Morgan fingerprint density at radius 3 is 2.25 bits per heavy atom. The Bertz CT molecular complexity index is 1380. The lowest BCUT2D eigenvalue weighted by Crippen LogP contribution is -2.32. The van der Waals surface area contributed by atoms with Gasteiger partial charge >= 0.3 is 6.18 Å². The zero-order chi connectivity index (χ0) is 26.0. The van der Waals surface area contributed by atoms with E-state index in [-0.39, 0.29) is 27.7 Å². The minimum atomic E-state index is -4.55. The Kier molecular flexibility index (Phi) is 6.85. The minimum absolute atomic E-state index is 0.0276. The van der Waals surface area contributed by atoms with E-state index in [1.54, 1.807) is 18.2 Å². The van der Waals surface area contributed by atoms with Crippen molar-refractivity contribution in [2.24, 2.45) is 0 Å². The number of anilines is 3. The molecule has 184 valence electrons. The van der Waals surface area contributed by atoms with Gasteiger partial charge in [0.2, 0.25) is 0 Å². The van der Waals surface area contributed by atoms with Gasteiger partial charge in [-0.15, -0.1) is 0 Å². The quantitative estimate of drug-likeness (QED) is 0.399. The van der Waals surface area contributed by atoms with Gasteiger partial charge in [-0.05, 0) is 60.5 Å². The third-order valence-corrected chi connectivity index (χ3v) is 5.82. The first-order chi connectivity index (χ1) is 17.1. The molecule has 0 saturated carbocycles. The second-order valence-corrected chi connectivity index (χ2v) is 8.27. The summed E-state index contributed by atoms with van der Waals surface area (Å²) >= 11 is 6.17. The number of carbonyl (C=O) groups is 3. The molecule has 1 aliphatic heterocycles. The van der Waals surface area contributed by atoms with Gasteiger partial charge in [-0.2, -0.15) is 13.2 Å². The van der Waals surface area contributed by atoms with E-state index in [0.29, 0.717) is 5.69 Å². The summed E-state index contributed by atoms with van der Waals surface area (Å²) in [5, 5.41) is 4.90. The van der Waals surface area contributed by atoms with Gasteiger partial charge in [0, 0.05) is 16.9 Å². The molecule has 0 bridgehead atoms. The smallest absolute Gasteiger partial charge is 0.350 e. The summed E-state index contributed by atoms with van der Waals surface area (Å²) in [5.74, 6) is -2.01. The Hall–Kier alpha value is -4.11. The molecular weight excluding hydrogens is 495 g/mol. The maximum absolute atomic E-state index is 13.0. The largest absolute Gasteiger partial charge is 0.416 e. The van der Waals surface area contributed by atoms with Gasteiger partial charge in [-0.3, -0.25) is 14.4 Å². The van der Waals surface area contributed by atoms with Crippen molar-refractivity contribution in [3.05, 3.63) is 100 Å². The van der Waals surface area contributed by atoms with Crippen molar-refractivity contribution in [2.45, 2.75) is 19.5 Å². The van der Waals surface area contributed by atoms with Gasteiger partial charge in [0.05, 0.1) is 11.3 Å². The summed E-state index contributed by atoms with van der Waals surface area (Å²) in [6.07, 6.45) is -3.75. The van der Waals surface area contributed by atoms with Crippen LogP contribution in [0.3, 0.4) is 0 Å². The number of halogens is 4. The number of benzene rings is 3. The normalized spacial score (nSPS) is 13.9. The number of imide groups is 1. The fourth-order valence-electron chi connectivity index (χ4n) is 3.59. The van der Waals surface area contributed by atoms with E-state index in [1.165, 1.54) is 30.3 Å². The number of aryl methyl sites for hydroxylation is 1. The second kappa shape index (κ2) is 9.87. The number of hydrogen-bond acceptors (Lipinski definition) is 4. The summed E-state index contributed by atoms with van der Waals surface area (Å²) in [4.78, 5) is 39.3. The highest BCUT2D eigenvalue weighted by Crippen LogP contribution is 2.32. The van der Waals surface area contributed by atoms with Gasteiger partial charge in [0.25, 0.3) is 17.7 Å². The van der Waals surface area contributed by atoms with Gasteiger partial charge in [-0.1, -0.05) is 42.8 Å². The second-order valence-electron chi connectivity index (χ2n) is 7.89. The minimum Gasteiger partial charge on any atom is -0.350 e. The summed E-state index contributed by atoms with van der Waals surface area (Å²) in [5.41, 5.74) is 0.719. The number of amides is 3. The molecule has 1 aliphatic rings. The zero-order valence-electron chi connectivity index (χ0n) is 18.8. The van der Waals surface area contributed by atoms with Crippen molar-refractivity contribution >= 4 is 46.4 Å². The highest BCUT2D eigenvalue weighted by molar-refractivity contribution is 6.53. The molecule has 2 N–H and O–H groups in total. The average molecular weight is 514 g/mol. The molecule has 0 unspecified atom stereocenters. The van der Waals surface area contributed by atoms with Gasteiger partial charge in [0.1, 0.15) is 10.7 Å². The lowest BCUT2D eigenvalue weighted by atomic mass is 10.1. The molecule has 3 aromatic carbocycles. The van der Waals surface area contributed by atoms with Crippen molar-refractivity contribution in [3.8, 4) is 0 Å². The topological polar surface area (TPSA) is 78.5 Å². The Morgan fingerprint density at radius 1 is 0.917 bits per heavy atom. The van der Waals surface area contributed by atoms with Gasteiger partial charge in [-0.25, -0.2) is 4.90 Å². The SMILES string of the molecule is CCc1ccc(N2C(=O)C(Cl)=C(Nc3cccc(C(=O)Nc4cccc(C(F)(F)F)c4)c3)C2=O)cc1. The fourth-order valence-corrected chi connectivity index (χ4v) is 3.80. The molecule has 0 atom stereocenters. The molecular formula is C26H19ClF3N3O3. The first kappa shape index (κ1) is 25.0. The van der Waals surface area contributed by atoms with E-state index in [9.17, 15) is 27.6 Å². The number of hydrogen-bond donors (Lipinski definition) is 2. The predicted molar refractivity (Wildman–Crippen MR) is 131 cm³/mol. The van der Waals surface area contributed by atoms with Crippen LogP contribution >= 0.6 is 11.6 Å². The molecule has 0 fully saturated rings. The molecule has 3 amide bonds. The molecule has 0 saturated heterocycles. The van der Waals surface area contributed by atoms with Crippen LogP contribution in [0.5, 0.6) is 0 Å². The number of nitrogens with one attached hydrogen (secondary N) is 2. The van der Waals surface area contributed by atoms with Crippen LogP contribution in [-0.2, 0) is 22.2 Å². The highest BCUT2D eigenvalue weighted by atomic mass is 35.5. The van der Waals surface area contributed by atoms with Crippen LogP contribution in [0.25, 0.3) is 0 Å². The number of alkyl halides is 3. The highest BCUT2D eigenvalue weighted by Gasteiger charge is 2.39. The van der Waals surface area contributed by atoms with Crippen LogP contribution in [0.15, 0.2) is 83.5 Å². The molecule has 1 heterocycles. The van der Waals surface area contributed by atoms with E-state index >= 15 is 0 Å². The first-order valence-corrected chi connectivity index (χ1v) is 11.2. The molecule has 0 spiro atoms. The molecule has 10 heteroatoms. The van der Waals surface area contributed by atoms with Crippen molar-refractivity contribution in [1.82, 2.24) is 0 Å².